The summed E-state index contributed by atoms with van der Waals surface area (Å²) in [5.74, 6) is -4.89. The van der Waals surface area contributed by atoms with Crippen molar-refractivity contribution in [2.75, 3.05) is 6.54 Å². The van der Waals surface area contributed by atoms with Crippen LogP contribution < -0.4 is 22.1 Å². The number of carbonyl (C=O) groups excluding carboxylic acids is 3. The van der Waals surface area contributed by atoms with Crippen LogP contribution in [0, 0.1) is 0 Å². The Bertz CT molecular complexity index is 480. The Morgan fingerprint density at radius 1 is 0.913 bits per heavy atom. The lowest BCUT2D eigenvalue weighted by molar-refractivity contribution is -0.143. The molecule has 0 spiro atoms. The van der Waals surface area contributed by atoms with Gasteiger partial charge in [0.2, 0.25) is 17.7 Å². The standard InChI is InChI=1S/C12H20N4O7/c13-5-9(18)15-6(2-4-10(19)20)11(21)16-7(12(22)23)1-3-8(14)17/h6-7H,1-5,13H2,(H2,14,17)(H,15,18)(H,16,21)(H,19,20)(H,22,23). The number of carboxylic acids is 2. The van der Waals surface area contributed by atoms with Gasteiger partial charge in [-0.25, -0.2) is 4.79 Å². The monoisotopic (exact) mass is 332 g/mol. The molecule has 0 aromatic heterocycles. The SMILES string of the molecule is NCC(=O)NC(CCC(=O)O)C(=O)NC(CCC(N)=O)C(=O)O. The number of carbonyl (C=O) groups is 5. The zero-order chi connectivity index (χ0) is 18.0. The van der Waals surface area contributed by atoms with E-state index in [0.717, 1.165) is 0 Å². The molecular formula is C12H20N4O7. The van der Waals surface area contributed by atoms with E-state index in [4.69, 9.17) is 21.7 Å². The van der Waals surface area contributed by atoms with E-state index in [2.05, 4.69) is 10.6 Å². The van der Waals surface area contributed by atoms with Crippen molar-refractivity contribution in [3.63, 3.8) is 0 Å². The quantitative estimate of drug-likeness (QED) is 0.231. The van der Waals surface area contributed by atoms with Crippen LogP contribution in [0.3, 0.4) is 0 Å². The van der Waals surface area contributed by atoms with E-state index in [-0.39, 0.29) is 19.3 Å². The Hall–Kier alpha value is -2.69. The smallest absolute Gasteiger partial charge is 0.326 e. The van der Waals surface area contributed by atoms with E-state index in [1.165, 1.54) is 0 Å². The van der Waals surface area contributed by atoms with Crippen LogP contribution in [-0.2, 0) is 24.0 Å². The first kappa shape index (κ1) is 20.3. The minimum atomic E-state index is -1.39. The lowest BCUT2D eigenvalue weighted by atomic mass is 10.1. The van der Waals surface area contributed by atoms with E-state index in [1.807, 2.05) is 0 Å². The summed E-state index contributed by atoms with van der Waals surface area (Å²) in [4.78, 5) is 55.6. The van der Waals surface area contributed by atoms with Crippen molar-refractivity contribution in [1.82, 2.24) is 10.6 Å². The third kappa shape index (κ3) is 9.03. The lowest BCUT2D eigenvalue weighted by Gasteiger charge is -2.20. The summed E-state index contributed by atoms with van der Waals surface area (Å²) >= 11 is 0. The summed E-state index contributed by atoms with van der Waals surface area (Å²) in [5.41, 5.74) is 10.0. The maximum Gasteiger partial charge on any atom is 0.326 e. The topological polar surface area (TPSA) is 202 Å². The second-order valence-corrected chi connectivity index (χ2v) is 4.66. The number of hydrogen-bond donors (Lipinski definition) is 6. The van der Waals surface area contributed by atoms with Crippen molar-refractivity contribution in [2.45, 2.75) is 37.8 Å². The molecule has 0 aliphatic heterocycles. The van der Waals surface area contributed by atoms with Gasteiger partial charge in [0.05, 0.1) is 6.54 Å². The minimum Gasteiger partial charge on any atom is -0.481 e. The van der Waals surface area contributed by atoms with Gasteiger partial charge >= 0.3 is 11.9 Å². The summed E-state index contributed by atoms with van der Waals surface area (Å²) in [7, 11) is 0. The largest absolute Gasteiger partial charge is 0.481 e. The Labute approximate surface area is 131 Å². The molecule has 0 aliphatic carbocycles. The second-order valence-electron chi connectivity index (χ2n) is 4.66. The molecule has 0 rings (SSSR count). The molecule has 130 valence electrons. The number of rotatable bonds is 11. The molecule has 2 atom stereocenters. The number of hydrogen-bond acceptors (Lipinski definition) is 6. The highest BCUT2D eigenvalue weighted by Crippen LogP contribution is 2.02. The van der Waals surface area contributed by atoms with Crippen molar-refractivity contribution in [2.24, 2.45) is 11.5 Å². The zero-order valence-electron chi connectivity index (χ0n) is 12.3. The van der Waals surface area contributed by atoms with Crippen molar-refractivity contribution < 1.29 is 34.2 Å². The fourth-order valence-electron chi connectivity index (χ4n) is 1.61. The molecule has 0 radical (unpaired) electrons. The lowest BCUT2D eigenvalue weighted by Crippen LogP contribution is -2.52. The van der Waals surface area contributed by atoms with Crippen LogP contribution in [-0.4, -0.2) is 58.5 Å². The highest BCUT2D eigenvalue weighted by molar-refractivity contribution is 5.91. The molecule has 0 fully saturated rings. The number of nitrogens with one attached hydrogen (secondary N) is 2. The summed E-state index contributed by atoms with van der Waals surface area (Å²) < 4.78 is 0. The molecule has 11 heteroatoms. The summed E-state index contributed by atoms with van der Waals surface area (Å²) in [6.07, 6.45) is -1.14. The van der Waals surface area contributed by atoms with E-state index in [0.29, 0.717) is 0 Å². The predicted molar refractivity (Wildman–Crippen MR) is 75.8 cm³/mol. The first-order valence-corrected chi connectivity index (χ1v) is 6.70. The average Bonchev–Trinajstić information content (AvgIpc) is 2.46. The van der Waals surface area contributed by atoms with Crippen molar-refractivity contribution in [3.05, 3.63) is 0 Å². The highest BCUT2D eigenvalue weighted by Gasteiger charge is 2.26. The number of carboxylic acid groups (broad SMARTS) is 2. The summed E-state index contributed by atoms with van der Waals surface area (Å²) in [5, 5.41) is 22.0. The van der Waals surface area contributed by atoms with Crippen LogP contribution >= 0.6 is 0 Å². The van der Waals surface area contributed by atoms with E-state index in [1.54, 1.807) is 0 Å². The molecule has 0 aromatic carbocycles. The summed E-state index contributed by atoms with van der Waals surface area (Å²) in [6.45, 7) is -0.416. The van der Waals surface area contributed by atoms with Gasteiger partial charge in [-0.3, -0.25) is 19.2 Å². The zero-order valence-corrected chi connectivity index (χ0v) is 12.3. The van der Waals surface area contributed by atoms with E-state index in [9.17, 15) is 24.0 Å². The van der Waals surface area contributed by atoms with Crippen LogP contribution in [0.25, 0.3) is 0 Å². The van der Waals surface area contributed by atoms with Gasteiger partial charge in [-0.2, -0.15) is 0 Å². The van der Waals surface area contributed by atoms with Crippen LogP contribution in [0.15, 0.2) is 0 Å². The molecule has 0 heterocycles. The van der Waals surface area contributed by atoms with Gasteiger partial charge in [-0.15, -0.1) is 0 Å². The van der Waals surface area contributed by atoms with Gasteiger partial charge < -0.3 is 32.3 Å². The van der Waals surface area contributed by atoms with E-state index < -0.39 is 54.7 Å². The molecule has 0 aliphatic rings. The van der Waals surface area contributed by atoms with Crippen LogP contribution in [0.2, 0.25) is 0 Å². The van der Waals surface area contributed by atoms with Gasteiger partial charge in [0.1, 0.15) is 12.1 Å². The molecular weight excluding hydrogens is 312 g/mol. The average molecular weight is 332 g/mol. The molecule has 23 heavy (non-hydrogen) atoms. The molecule has 0 aromatic rings. The van der Waals surface area contributed by atoms with Crippen molar-refractivity contribution in [1.29, 1.82) is 0 Å². The van der Waals surface area contributed by atoms with Crippen molar-refractivity contribution >= 4 is 29.7 Å². The first-order valence-electron chi connectivity index (χ1n) is 6.70. The van der Waals surface area contributed by atoms with Crippen LogP contribution in [0.1, 0.15) is 25.7 Å². The molecule has 8 N–H and O–H groups in total. The Morgan fingerprint density at radius 2 is 1.48 bits per heavy atom. The normalized spacial score (nSPS) is 12.7. The Balaban J connectivity index is 4.86. The Kier molecular flexibility index (Phi) is 8.92. The molecule has 11 nitrogen and oxygen atoms in total. The van der Waals surface area contributed by atoms with Crippen LogP contribution in [0.5, 0.6) is 0 Å². The third-order valence-corrected chi connectivity index (χ3v) is 2.78. The fraction of sp³-hybridized carbons (Fsp3) is 0.583. The molecule has 2 unspecified atom stereocenters. The number of aliphatic carboxylic acids is 2. The van der Waals surface area contributed by atoms with Gasteiger partial charge in [0.25, 0.3) is 0 Å². The second kappa shape index (κ2) is 10.1. The number of primary amides is 1. The number of nitrogens with two attached hydrogens (primary N) is 2. The summed E-state index contributed by atoms with van der Waals surface area (Å²) in [6, 6.07) is -2.64. The Morgan fingerprint density at radius 3 is 1.91 bits per heavy atom. The van der Waals surface area contributed by atoms with Gasteiger partial charge in [0.15, 0.2) is 0 Å². The van der Waals surface area contributed by atoms with Gasteiger partial charge in [-0.05, 0) is 12.8 Å². The predicted octanol–water partition coefficient (Wildman–Crippen LogP) is -2.87. The minimum absolute atomic E-state index is 0.229. The fourth-order valence-corrected chi connectivity index (χ4v) is 1.61. The van der Waals surface area contributed by atoms with Crippen molar-refractivity contribution in [3.8, 4) is 0 Å². The molecule has 3 amide bonds. The molecule has 0 saturated carbocycles. The maximum atomic E-state index is 12.0. The van der Waals surface area contributed by atoms with Gasteiger partial charge in [0, 0.05) is 12.8 Å². The number of amides is 3. The first-order chi connectivity index (χ1) is 10.7. The maximum absolute atomic E-state index is 12.0. The highest BCUT2D eigenvalue weighted by atomic mass is 16.4. The van der Waals surface area contributed by atoms with Gasteiger partial charge in [-0.1, -0.05) is 0 Å². The molecule has 0 bridgehead atoms. The van der Waals surface area contributed by atoms with E-state index >= 15 is 0 Å². The van der Waals surface area contributed by atoms with Crippen LogP contribution in [0.4, 0.5) is 0 Å². The molecule has 0 saturated heterocycles. The third-order valence-electron chi connectivity index (χ3n) is 2.78.